The summed E-state index contributed by atoms with van der Waals surface area (Å²) in [5.41, 5.74) is 0.998. The molecule has 1 aliphatic carbocycles. The summed E-state index contributed by atoms with van der Waals surface area (Å²) >= 11 is 1.18. The highest BCUT2D eigenvalue weighted by Gasteiger charge is 2.62. The van der Waals surface area contributed by atoms with Gasteiger partial charge in [0, 0.05) is 31.9 Å². The van der Waals surface area contributed by atoms with Crippen LogP contribution in [0.1, 0.15) is 100 Å². The molecule has 8 nitrogen and oxygen atoms in total. The minimum atomic E-state index is -2.39. The Balaban J connectivity index is 1.59. The molecule has 2 bridgehead atoms. The molecular weight excluding hydrogens is 669 g/mol. The summed E-state index contributed by atoms with van der Waals surface area (Å²) in [4.78, 5) is 26.9. The lowest BCUT2D eigenvalue weighted by Gasteiger charge is -2.50. The largest absolute Gasteiger partial charge is 0.462 e. The van der Waals surface area contributed by atoms with E-state index in [0.29, 0.717) is 36.5 Å². The predicted octanol–water partition coefficient (Wildman–Crippen LogP) is 8.21. The highest BCUT2D eigenvalue weighted by atomic mass is 32.2. The number of aliphatic hydroxyl groups is 1. The van der Waals surface area contributed by atoms with E-state index in [1.54, 1.807) is 6.92 Å². The number of carbonyl (C=O) groups is 2. The van der Waals surface area contributed by atoms with Gasteiger partial charge in [-0.15, -0.1) is 0 Å². The van der Waals surface area contributed by atoms with Gasteiger partial charge in [0.25, 0.3) is 0 Å². The second-order valence-corrected chi connectivity index (χ2v) is 23.0. The van der Waals surface area contributed by atoms with Crippen molar-refractivity contribution < 1.29 is 38.1 Å². The highest BCUT2D eigenvalue weighted by Crippen LogP contribution is 2.50. The smallest absolute Gasteiger partial charge is 0.316 e. The first-order valence-corrected chi connectivity index (χ1v) is 22.7. The van der Waals surface area contributed by atoms with E-state index in [1.807, 2.05) is 18.2 Å². The van der Waals surface area contributed by atoms with Crippen LogP contribution in [-0.4, -0.2) is 78.8 Å². The number of allylic oxidation sites excluding steroid dienone is 4. The fourth-order valence-electron chi connectivity index (χ4n) is 8.06. The summed E-state index contributed by atoms with van der Waals surface area (Å²) in [6, 6.07) is 0. The Hall–Kier alpha value is -1.53. The lowest BCUT2D eigenvalue weighted by Crippen LogP contribution is -2.61. The fraction of sp³-hybridized carbons (Fsp3) is 0.750. The zero-order valence-corrected chi connectivity index (χ0v) is 33.9. The van der Waals surface area contributed by atoms with Gasteiger partial charge in [0.15, 0.2) is 19.2 Å². The van der Waals surface area contributed by atoms with Crippen molar-refractivity contribution in [1.29, 1.82) is 0 Å². The van der Waals surface area contributed by atoms with E-state index in [0.717, 1.165) is 31.3 Å². The van der Waals surface area contributed by atoms with Gasteiger partial charge in [-0.05, 0) is 73.7 Å². The SMILES string of the molecule is CC[C@H]1O[C@]2(CC[C@@H]1C)C[C@@H]1C[C@@H](C/C=C(\C)C[C@@H](C)/C=C/C=C3\CO[C@@H]4[C@H](O[Si](C)(C)C(C)(C)C)C(CSC(C)=O)=C[C@@H](C(=O)O1)[C@]34O)O2. The van der Waals surface area contributed by atoms with Crippen molar-refractivity contribution in [3.63, 3.8) is 0 Å². The van der Waals surface area contributed by atoms with Crippen molar-refractivity contribution in [3.05, 3.63) is 47.1 Å². The molecule has 4 heterocycles. The number of rotatable bonds is 5. The highest BCUT2D eigenvalue weighted by molar-refractivity contribution is 8.13. The molecule has 0 amide bonds. The summed E-state index contributed by atoms with van der Waals surface area (Å²) in [6.07, 6.45) is 13.3. The van der Waals surface area contributed by atoms with E-state index >= 15 is 0 Å². The molecule has 0 unspecified atom stereocenters. The van der Waals surface area contributed by atoms with Crippen LogP contribution in [0.2, 0.25) is 18.1 Å². The van der Waals surface area contributed by atoms with Crippen LogP contribution in [-0.2, 0) is 33.0 Å². The van der Waals surface area contributed by atoms with Gasteiger partial charge in [-0.25, -0.2) is 0 Å². The van der Waals surface area contributed by atoms with Gasteiger partial charge in [-0.2, -0.15) is 0 Å². The molecule has 10 atom stereocenters. The molecule has 3 saturated heterocycles. The van der Waals surface area contributed by atoms with Crippen molar-refractivity contribution in [3.8, 4) is 0 Å². The maximum Gasteiger partial charge on any atom is 0.316 e. The molecule has 10 heteroatoms. The zero-order valence-electron chi connectivity index (χ0n) is 32.1. The third kappa shape index (κ3) is 8.47. The molecule has 4 aliphatic heterocycles. The number of fused-ring (bicyclic) bond motifs is 2. The molecule has 280 valence electrons. The number of esters is 1. The molecule has 50 heavy (non-hydrogen) atoms. The van der Waals surface area contributed by atoms with E-state index in [4.69, 9.17) is 23.4 Å². The minimum absolute atomic E-state index is 0.0272. The normalized spacial score (nSPS) is 41.3. The van der Waals surface area contributed by atoms with Crippen LogP contribution in [0.25, 0.3) is 0 Å². The number of ether oxygens (including phenoxy) is 4. The molecule has 1 spiro atoms. The Bertz CT molecular complexity index is 1400. The third-order valence-electron chi connectivity index (χ3n) is 12.0. The van der Waals surface area contributed by atoms with E-state index in [2.05, 4.69) is 73.7 Å². The van der Waals surface area contributed by atoms with Crippen LogP contribution in [0.15, 0.2) is 47.1 Å². The van der Waals surface area contributed by atoms with Crippen LogP contribution in [0.5, 0.6) is 0 Å². The van der Waals surface area contributed by atoms with Gasteiger partial charge in [0.2, 0.25) is 0 Å². The first-order valence-electron chi connectivity index (χ1n) is 18.8. The summed E-state index contributed by atoms with van der Waals surface area (Å²) in [5, 5.41) is 12.8. The molecule has 1 N–H and O–H groups in total. The van der Waals surface area contributed by atoms with Crippen LogP contribution in [0.3, 0.4) is 0 Å². The van der Waals surface area contributed by atoms with Gasteiger partial charge in [-0.1, -0.05) is 89.3 Å². The maximum absolute atomic E-state index is 14.6. The predicted molar refractivity (Wildman–Crippen MR) is 201 cm³/mol. The quantitative estimate of drug-likeness (QED) is 0.170. The van der Waals surface area contributed by atoms with E-state index in [-0.39, 0.29) is 34.9 Å². The van der Waals surface area contributed by atoms with Crippen molar-refractivity contribution in [1.82, 2.24) is 0 Å². The molecule has 0 aromatic carbocycles. The van der Waals surface area contributed by atoms with Gasteiger partial charge in [0.1, 0.15) is 23.7 Å². The summed E-state index contributed by atoms with van der Waals surface area (Å²) in [6.45, 7) is 21.3. The summed E-state index contributed by atoms with van der Waals surface area (Å²) < 4.78 is 33.5. The molecule has 0 aromatic heterocycles. The second-order valence-electron chi connectivity index (χ2n) is 17.1. The Kier molecular flexibility index (Phi) is 12.3. The van der Waals surface area contributed by atoms with Crippen molar-refractivity contribution >= 4 is 31.2 Å². The van der Waals surface area contributed by atoms with Crippen LogP contribution in [0, 0.1) is 17.8 Å². The van der Waals surface area contributed by atoms with Crippen LogP contribution < -0.4 is 0 Å². The average molecular weight is 731 g/mol. The standard InChI is InChI=1S/C40H62O8SSi/c1-11-34-27(4)17-18-39(47-34)22-32-21-31(46-39)16-15-26(3)19-25(2)13-12-14-30-23-44-36-35(48-50(9,10)38(6,7)8)29(24-49-28(5)41)20-33(37(42)45-32)40(30,36)43/h12-15,20,25,27,31-36,43H,11,16-19,21-24H2,1-10H3/b13-12+,26-15+,30-14+/t25-,27-,31+,32-,33-,34+,35+,36+,39+,40+/m0/s1. The van der Waals surface area contributed by atoms with Crippen molar-refractivity contribution in [2.24, 2.45) is 17.8 Å². The minimum Gasteiger partial charge on any atom is -0.462 e. The monoisotopic (exact) mass is 730 g/mol. The maximum atomic E-state index is 14.6. The number of hydrogen-bond donors (Lipinski definition) is 1. The summed E-state index contributed by atoms with van der Waals surface area (Å²) in [7, 11) is -2.39. The fourth-order valence-corrected chi connectivity index (χ4v) is 9.96. The number of thioether (sulfide) groups is 1. The van der Waals surface area contributed by atoms with Gasteiger partial charge in [-0.3, -0.25) is 9.59 Å². The van der Waals surface area contributed by atoms with Gasteiger partial charge < -0.3 is 28.5 Å². The van der Waals surface area contributed by atoms with Crippen LogP contribution in [0.4, 0.5) is 0 Å². The van der Waals surface area contributed by atoms with Gasteiger partial charge >= 0.3 is 5.97 Å². The first kappa shape index (κ1) is 39.7. The lowest BCUT2D eigenvalue weighted by atomic mass is 9.71. The van der Waals surface area contributed by atoms with Crippen molar-refractivity contribution in [2.75, 3.05) is 12.4 Å². The second kappa shape index (κ2) is 15.4. The Morgan fingerprint density at radius 2 is 1.92 bits per heavy atom. The van der Waals surface area contributed by atoms with Crippen LogP contribution >= 0.6 is 11.8 Å². The lowest BCUT2D eigenvalue weighted by molar-refractivity contribution is -0.335. The number of carbonyl (C=O) groups excluding carboxylic acids is 2. The zero-order chi connectivity index (χ0) is 36.6. The molecular formula is C40H62O8SSi. The first-order chi connectivity index (χ1) is 23.4. The van der Waals surface area contributed by atoms with Gasteiger partial charge in [0.05, 0.1) is 24.9 Å². The molecule has 0 aromatic rings. The Morgan fingerprint density at radius 3 is 2.60 bits per heavy atom. The third-order valence-corrected chi connectivity index (χ3v) is 17.3. The van der Waals surface area contributed by atoms with Crippen molar-refractivity contribution in [2.45, 2.75) is 160 Å². The van der Waals surface area contributed by atoms with E-state index < -0.39 is 49.9 Å². The topological polar surface area (TPSA) is 101 Å². The molecule has 0 saturated carbocycles. The molecule has 5 rings (SSSR count). The Morgan fingerprint density at radius 1 is 1.18 bits per heavy atom. The average Bonchev–Trinajstić information content (AvgIpc) is 3.36. The Labute approximate surface area is 305 Å². The number of hydrogen-bond acceptors (Lipinski definition) is 9. The molecule has 0 radical (unpaired) electrons. The summed E-state index contributed by atoms with van der Waals surface area (Å²) in [5.74, 6) is -1.34. The van der Waals surface area contributed by atoms with E-state index in [1.165, 1.54) is 17.3 Å². The molecule has 3 fully saturated rings. The molecule has 5 aliphatic rings. The van der Waals surface area contributed by atoms with E-state index in [9.17, 15) is 14.7 Å².